The molecule has 2 atom stereocenters. The maximum Gasteiger partial charge on any atom is 0.325 e. The third-order valence-electron chi connectivity index (χ3n) is 7.68. The zero-order chi connectivity index (χ0) is 31.0. The molecule has 4 heterocycles. The Morgan fingerprint density at radius 3 is 2.53 bits per heavy atom. The highest BCUT2D eigenvalue weighted by Crippen LogP contribution is 2.23. The molecule has 0 bridgehead atoms. The molecule has 0 aliphatic carbocycles. The van der Waals surface area contributed by atoms with E-state index in [-0.39, 0.29) is 37.7 Å². The predicted molar refractivity (Wildman–Crippen MR) is 163 cm³/mol. The first-order valence-corrected chi connectivity index (χ1v) is 17.2. The van der Waals surface area contributed by atoms with Crippen LogP contribution >= 0.6 is 22.9 Å². The molecule has 0 aromatic carbocycles. The summed E-state index contributed by atoms with van der Waals surface area (Å²) in [7, 11) is -3.88. The van der Waals surface area contributed by atoms with Crippen LogP contribution in [0.25, 0.3) is 6.08 Å². The molecule has 4 rings (SSSR count). The van der Waals surface area contributed by atoms with Crippen LogP contribution < -0.4 is 10.0 Å². The van der Waals surface area contributed by atoms with E-state index in [1.165, 1.54) is 22.3 Å². The first-order valence-electron chi connectivity index (χ1n) is 14.5. The third-order valence-corrected chi connectivity index (χ3v) is 9.99. The minimum absolute atomic E-state index is 0.00164. The lowest BCUT2D eigenvalue weighted by Crippen LogP contribution is -2.56. The number of hydrogen-bond donors (Lipinski definition) is 2. The minimum atomic E-state index is -3.88. The smallest absolute Gasteiger partial charge is 0.325 e. The van der Waals surface area contributed by atoms with E-state index in [9.17, 15) is 27.6 Å². The van der Waals surface area contributed by atoms with Crippen LogP contribution in [0.5, 0.6) is 0 Å². The van der Waals surface area contributed by atoms with Crippen LogP contribution in [0.3, 0.4) is 0 Å². The standard InChI is InChI=1S/C27H39ClN6O7S2/c1-2-41-25(36)17-29-27(38)32-14-12-31(13-15-32)18-20-5-3-11-34(20)24(35)19-33-10-4-6-22(26(33)37)30-43(39,40)16-9-21-7-8-23(28)42-21/h7-9,16,20,22,30H,2-6,10-15,17-19H2,1H3,(H,29,38)/t20-,22-/m0/s1. The van der Waals surface area contributed by atoms with Crippen LogP contribution in [0.2, 0.25) is 4.34 Å². The van der Waals surface area contributed by atoms with Gasteiger partial charge in [0.05, 0.1) is 17.5 Å². The Labute approximate surface area is 261 Å². The summed E-state index contributed by atoms with van der Waals surface area (Å²) >= 11 is 7.14. The second-order valence-electron chi connectivity index (χ2n) is 10.7. The number of rotatable bonds is 11. The van der Waals surface area contributed by atoms with Crippen LogP contribution in [-0.2, 0) is 29.1 Å². The Balaban J connectivity index is 1.24. The van der Waals surface area contributed by atoms with E-state index >= 15 is 0 Å². The largest absolute Gasteiger partial charge is 0.465 e. The van der Waals surface area contributed by atoms with E-state index in [1.807, 2.05) is 4.90 Å². The van der Waals surface area contributed by atoms with Crippen LogP contribution in [0.15, 0.2) is 17.5 Å². The van der Waals surface area contributed by atoms with Gasteiger partial charge in [0.2, 0.25) is 21.8 Å². The second kappa shape index (κ2) is 15.3. The Hall–Kier alpha value is -2.72. The number of ether oxygens (including phenoxy) is 1. The lowest BCUT2D eigenvalue weighted by Gasteiger charge is -2.38. The van der Waals surface area contributed by atoms with Gasteiger partial charge >= 0.3 is 12.0 Å². The topological polar surface area (TPSA) is 149 Å². The van der Waals surface area contributed by atoms with Crippen molar-refractivity contribution >= 4 is 62.9 Å². The number of piperidine rings is 1. The summed E-state index contributed by atoms with van der Waals surface area (Å²) in [4.78, 5) is 58.2. The maximum absolute atomic E-state index is 13.3. The summed E-state index contributed by atoms with van der Waals surface area (Å²) in [5, 5.41) is 3.61. The van der Waals surface area contributed by atoms with Crippen molar-refractivity contribution in [1.29, 1.82) is 0 Å². The van der Waals surface area contributed by atoms with Gasteiger partial charge in [-0.2, -0.15) is 4.72 Å². The predicted octanol–water partition coefficient (Wildman–Crippen LogP) is 1.16. The van der Waals surface area contributed by atoms with Crippen molar-refractivity contribution in [1.82, 2.24) is 29.6 Å². The SMILES string of the molecule is CCOC(=O)CNC(=O)N1CCN(C[C@@H]2CCCN2C(=O)CN2CCC[C@H](NS(=O)(=O)C=Cc3ccc(Cl)s3)C2=O)CC1. The van der Waals surface area contributed by atoms with Gasteiger partial charge in [-0.1, -0.05) is 11.6 Å². The number of piperazine rings is 1. The molecule has 43 heavy (non-hydrogen) atoms. The zero-order valence-corrected chi connectivity index (χ0v) is 26.6. The van der Waals surface area contributed by atoms with E-state index in [0.29, 0.717) is 67.9 Å². The second-order valence-corrected chi connectivity index (χ2v) is 14.0. The Kier molecular flexibility index (Phi) is 11.8. The van der Waals surface area contributed by atoms with Crippen molar-refractivity contribution in [2.45, 2.75) is 44.7 Å². The quantitative estimate of drug-likeness (QED) is 0.337. The summed E-state index contributed by atoms with van der Waals surface area (Å²) in [6.45, 7) is 5.68. The summed E-state index contributed by atoms with van der Waals surface area (Å²) in [6, 6.07) is 2.15. The molecule has 238 valence electrons. The Morgan fingerprint density at radius 2 is 1.84 bits per heavy atom. The molecule has 0 unspecified atom stereocenters. The van der Waals surface area contributed by atoms with Crippen molar-refractivity contribution in [2.75, 3.05) is 65.5 Å². The molecule has 13 nitrogen and oxygen atoms in total. The van der Waals surface area contributed by atoms with Crippen molar-refractivity contribution in [3.8, 4) is 0 Å². The fourth-order valence-electron chi connectivity index (χ4n) is 5.53. The van der Waals surface area contributed by atoms with Gasteiger partial charge in [-0.3, -0.25) is 19.3 Å². The van der Waals surface area contributed by atoms with Gasteiger partial charge in [-0.05, 0) is 50.8 Å². The molecule has 16 heteroatoms. The zero-order valence-electron chi connectivity index (χ0n) is 24.2. The summed E-state index contributed by atoms with van der Waals surface area (Å²) < 4.78 is 33.1. The maximum atomic E-state index is 13.3. The highest BCUT2D eigenvalue weighted by molar-refractivity contribution is 7.92. The molecule has 3 saturated heterocycles. The van der Waals surface area contributed by atoms with E-state index in [1.54, 1.807) is 24.0 Å². The summed E-state index contributed by atoms with van der Waals surface area (Å²) in [5.41, 5.74) is 0. The van der Waals surface area contributed by atoms with Gasteiger partial charge in [-0.15, -0.1) is 11.3 Å². The number of urea groups is 1. The van der Waals surface area contributed by atoms with E-state index in [2.05, 4.69) is 14.9 Å². The molecular weight excluding hydrogens is 620 g/mol. The number of amides is 4. The first kappa shape index (κ1) is 33.2. The van der Waals surface area contributed by atoms with Gasteiger partial charge in [0, 0.05) is 62.1 Å². The average molecular weight is 659 g/mol. The number of esters is 1. The van der Waals surface area contributed by atoms with Crippen LogP contribution in [0.1, 0.15) is 37.5 Å². The summed E-state index contributed by atoms with van der Waals surface area (Å²) in [5.74, 6) is -1.02. The molecule has 1 aromatic heterocycles. The van der Waals surface area contributed by atoms with Crippen LogP contribution in [0.4, 0.5) is 4.79 Å². The number of nitrogens with zero attached hydrogens (tertiary/aromatic N) is 4. The lowest BCUT2D eigenvalue weighted by molar-refractivity contribution is -0.143. The average Bonchev–Trinajstić information content (AvgIpc) is 3.62. The van der Waals surface area contributed by atoms with E-state index in [4.69, 9.17) is 16.3 Å². The van der Waals surface area contributed by atoms with Crippen LogP contribution in [-0.4, -0.2) is 129 Å². The normalized spacial score (nSPS) is 21.9. The number of nitrogens with one attached hydrogen (secondary N) is 2. The monoisotopic (exact) mass is 658 g/mol. The molecule has 0 spiro atoms. The van der Waals surface area contributed by atoms with Crippen molar-refractivity contribution in [3.63, 3.8) is 0 Å². The first-order chi connectivity index (χ1) is 20.5. The molecule has 3 aliphatic heterocycles. The number of carbonyl (C=O) groups is 4. The number of hydrogen-bond acceptors (Lipinski definition) is 9. The lowest BCUT2D eigenvalue weighted by atomic mass is 10.1. The van der Waals surface area contributed by atoms with Crippen molar-refractivity contribution < 1.29 is 32.3 Å². The fourth-order valence-corrected chi connectivity index (χ4v) is 7.60. The number of halogens is 1. The third kappa shape index (κ3) is 9.63. The molecule has 3 aliphatic rings. The molecule has 4 amide bonds. The van der Waals surface area contributed by atoms with Crippen molar-refractivity contribution in [2.24, 2.45) is 0 Å². The van der Waals surface area contributed by atoms with Crippen LogP contribution in [0, 0.1) is 0 Å². The van der Waals surface area contributed by atoms with Gasteiger partial charge in [0.1, 0.15) is 12.6 Å². The minimum Gasteiger partial charge on any atom is -0.465 e. The molecule has 1 aromatic rings. The summed E-state index contributed by atoms with van der Waals surface area (Å²) in [6.07, 6.45) is 4.09. The van der Waals surface area contributed by atoms with Crippen molar-refractivity contribution in [3.05, 3.63) is 26.8 Å². The number of thiophene rings is 1. The Morgan fingerprint density at radius 1 is 1.09 bits per heavy atom. The van der Waals surface area contributed by atoms with E-state index < -0.39 is 27.9 Å². The molecule has 0 radical (unpaired) electrons. The Bertz CT molecular complexity index is 1300. The van der Waals surface area contributed by atoms with Gasteiger partial charge in [0.15, 0.2) is 0 Å². The van der Waals surface area contributed by atoms with E-state index in [0.717, 1.165) is 18.2 Å². The molecular formula is C27H39ClN6O7S2. The highest BCUT2D eigenvalue weighted by atomic mass is 35.5. The van der Waals surface area contributed by atoms with Gasteiger partial charge in [0.25, 0.3) is 0 Å². The number of likely N-dealkylation sites (tertiary alicyclic amines) is 2. The molecule has 0 saturated carbocycles. The molecule has 3 fully saturated rings. The number of carbonyl (C=O) groups excluding carboxylic acids is 4. The number of sulfonamides is 1. The van der Waals surface area contributed by atoms with Gasteiger partial charge in [-0.25, -0.2) is 13.2 Å². The fraction of sp³-hybridized carbons (Fsp3) is 0.630. The highest BCUT2D eigenvalue weighted by Gasteiger charge is 2.36. The molecule has 2 N–H and O–H groups in total. The van der Waals surface area contributed by atoms with Gasteiger partial charge < -0.3 is 24.8 Å².